The van der Waals surface area contributed by atoms with Gasteiger partial charge in [0.15, 0.2) is 5.78 Å². The van der Waals surface area contributed by atoms with E-state index in [0.717, 1.165) is 12.7 Å². The van der Waals surface area contributed by atoms with Crippen molar-refractivity contribution in [3.8, 4) is 0 Å². The molecule has 10 heteroatoms. The number of ketones is 1. The molecular formula is C12H15NNaO7P. The molecule has 0 aliphatic carbocycles. The summed E-state index contributed by atoms with van der Waals surface area (Å²) in [5.74, 6) is -0.639. The molecule has 1 aromatic carbocycles. The van der Waals surface area contributed by atoms with Crippen molar-refractivity contribution in [3.63, 3.8) is 0 Å². The molecule has 1 unspecified atom stereocenters. The summed E-state index contributed by atoms with van der Waals surface area (Å²) in [7, 11) is -3.53. The molecule has 8 nitrogen and oxygen atoms in total. The van der Waals surface area contributed by atoms with Crippen LogP contribution in [0.1, 0.15) is 5.56 Å². The molecule has 22 heavy (non-hydrogen) atoms. The van der Waals surface area contributed by atoms with Crippen LogP contribution in [0.5, 0.6) is 0 Å². The van der Waals surface area contributed by atoms with Crippen LogP contribution in [0.3, 0.4) is 0 Å². The molecule has 1 aromatic rings. The van der Waals surface area contributed by atoms with Crippen LogP contribution in [0.4, 0.5) is 4.79 Å². The molecule has 0 aromatic heterocycles. The fraction of sp³-hybridized carbons (Fsp3) is 0.333. The zero-order valence-electron chi connectivity index (χ0n) is 12.3. The van der Waals surface area contributed by atoms with Crippen LogP contribution in [0.25, 0.3) is 0 Å². The molecule has 1 N–H and O–H groups in total. The smallest absolute Gasteiger partial charge is 0.756 e. The van der Waals surface area contributed by atoms with E-state index in [2.05, 4.69) is 14.4 Å². The minimum absolute atomic E-state index is 0. The van der Waals surface area contributed by atoms with Gasteiger partial charge in [-0.25, -0.2) is 4.79 Å². The molecule has 0 bridgehead atoms. The van der Waals surface area contributed by atoms with Gasteiger partial charge in [-0.2, -0.15) is 0 Å². The third kappa shape index (κ3) is 9.32. The number of ether oxygens (including phenoxy) is 1. The Bertz CT molecular complexity index is 525. The van der Waals surface area contributed by atoms with Gasteiger partial charge < -0.3 is 24.0 Å². The van der Waals surface area contributed by atoms with Crippen molar-refractivity contribution in [2.24, 2.45) is 0 Å². The molecule has 0 radical (unpaired) electrons. The van der Waals surface area contributed by atoms with Gasteiger partial charge in [0.25, 0.3) is 7.82 Å². The summed E-state index contributed by atoms with van der Waals surface area (Å²) in [6, 6.07) is 8.99. The van der Waals surface area contributed by atoms with Gasteiger partial charge in [0.2, 0.25) is 0 Å². The second-order valence-corrected chi connectivity index (χ2v) is 5.37. The van der Waals surface area contributed by atoms with Gasteiger partial charge in [-0.15, -0.1) is 0 Å². The summed E-state index contributed by atoms with van der Waals surface area (Å²) in [4.78, 5) is 33.4. The quantitative estimate of drug-likeness (QED) is 0.415. The van der Waals surface area contributed by atoms with E-state index in [0.29, 0.717) is 0 Å². The van der Waals surface area contributed by atoms with Gasteiger partial charge >= 0.3 is 35.7 Å². The summed E-state index contributed by atoms with van der Waals surface area (Å²) in [6.45, 7) is -1.05. The minimum atomic E-state index is -4.44. The average Bonchev–Trinajstić information content (AvgIpc) is 2.50. The Labute approximate surface area is 150 Å². The number of nitrogens with one attached hydrogen (secondary N) is 1. The summed E-state index contributed by atoms with van der Waals surface area (Å²) >= 11 is 0. The van der Waals surface area contributed by atoms with Crippen LogP contribution in [-0.2, 0) is 29.8 Å². The third-order valence-electron chi connectivity index (χ3n) is 2.25. The standard InChI is InChI=1S/C12H16NO7P.Na/c1-18-21(16,17)20-9-11(14)7-13-12(15)19-8-10-5-3-2-4-6-10;/h2-6H,7-9H2,1H3,(H,13,15)(H,16,17);/q;+1/p-1. The summed E-state index contributed by atoms with van der Waals surface area (Å²) in [5, 5.41) is 2.18. The largest absolute Gasteiger partial charge is 1.00 e. The average molecular weight is 339 g/mol. The van der Waals surface area contributed by atoms with Crippen molar-refractivity contribution in [2.75, 3.05) is 20.3 Å². The maximum absolute atomic E-state index is 11.3. The maximum atomic E-state index is 11.3. The van der Waals surface area contributed by atoms with Gasteiger partial charge in [0.1, 0.15) is 13.2 Å². The molecular weight excluding hydrogens is 324 g/mol. The van der Waals surface area contributed by atoms with Crippen LogP contribution in [0.15, 0.2) is 30.3 Å². The SMILES string of the molecule is COP(=O)([O-])OCC(=O)CNC(=O)OCc1ccccc1.[Na+]. The number of carbonyl (C=O) groups excluding carboxylic acids is 2. The number of phosphoric ester groups is 1. The second kappa shape index (κ2) is 10.9. The van der Waals surface area contributed by atoms with Crippen LogP contribution >= 0.6 is 7.82 Å². The van der Waals surface area contributed by atoms with Gasteiger partial charge in [-0.3, -0.25) is 9.36 Å². The Kier molecular flexibility index (Phi) is 10.5. The van der Waals surface area contributed by atoms with E-state index in [9.17, 15) is 19.0 Å². The van der Waals surface area contributed by atoms with Gasteiger partial charge in [0.05, 0.1) is 6.54 Å². The Balaban J connectivity index is 0.00000441. The number of rotatable bonds is 8. The number of amides is 1. The minimum Gasteiger partial charge on any atom is -0.756 e. The number of carbonyl (C=O) groups is 2. The predicted octanol–water partition coefficient (Wildman–Crippen LogP) is -2.38. The fourth-order valence-electron chi connectivity index (χ4n) is 1.20. The van der Waals surface area contributed by atoms with Crippen LogP contribution in [-0.4, -0.2) is 32.1 Å². The summed E-state index contributed by atoms with van der Waals surface area (Å²) in [5.41, 5.74) is 0.801. The monoisotopic (exact) mass is 339 g/mol. The zero-order valence-corrected chi connectivity index (χ0v) is 15.2. The van der Waals surface area contributed by atoms with Gasteiger partial charge in [-0.05, 0) is 5.56 Å². The van der Waals surface area contributed by atoms with E-state index < -0.39 is 32.9 Å². The Morgan fingerprint density at radius 3 is 2.50 bits per heavy atom. The molecule has 0 heterocycles. The Morgan fingerprint density at radius 1 is 1.27 bits per heavy atom. The van der Waals surface area contributed by atoms with Crippen molar-refractivity contribution < 1.29 is 62.4 Å². The molecule has 1 amide bonds. The molecule has 116 valence electrons. The van der Waals surface area contributed by atoms with Gasteiger partial charge in [0, 0.05) is 7.11 Å². The van der Waals surface area contributed by atoms with Crippen molar-refractivity contribution in [1.29, 1.82) is 0 Å². The maximum Gasteiger partial charge on any atom is 1.00 e. The van der Waals surface area contributed by atoms with Crippen molar-refractivity contribution in [3.05, 3.63) is 35.9 Å². The number of hydrogen-bond donors (Lipinski definition) is 1. The van der Waals surface area contributed by atoms with E-state index in [-0.39, 0.29) is 36.2 Å². The molecule has 0 saturated heterocycles. The van der Waals surface area contributed by atoms with Crippen LogP contribution < -0.4 is 39.8 Å². The van der Waals surface area contributed by atoms with E-state index >= 15 is 0 Å². The predicted molar refractivity (Wildman–Crippen MR) is 70.2 cm³/mol. The first-order valence-electron chi connectivity index (χ1n) is 5.90. The molecule has 0 aliphatic heterocycles. The zero-order chi connectivity index (χ0) is 15.7. The van der Waals surface area contributed by atoms with Crippen molar-refractivity contribution in [1.82, 2.24) is 5.32 Å². The van der Waals surface area contributed by atoms with E-state index in [1.165, 1.54) is 0 Å². The number of phosphoric acid groups is 1. The van der Waals surface area contributed by atoms with Crippen molar-refractivity contribution in [2.45, 2.75) is 6.61 Å². The molecule has 0 aliphatic rings. The summed E-state index contributed by atoms with van der Waals surface area (Å²) < 4.78 is 23.9. The number of benzene rings is 1. The normalized spacial score (nSPS) is 12.6. The topological polar surface area (TPSA) is 114 Å². The molecule has 0 saturated carbocycles. The van der Waals surface area contributed by atoms with Crippen LogP contribution in [0, 0.1) is 0 Å². The first kappa shape index (κ1) is 21.3. The Hall–Kier alpha value is -0.730. The van der Waals surface area contributed by atoms with E-state index in [4.69, 9.17) is 4.74 Å². The first-order chi connectivity index (χ1) is 9.93. The van der Waals surface area contributed by atoms with Gasteiger partial charge in [-0.1, -0.05) is 30.3 Å². The molecule has 1 rings (SSSR count). The van der Waals surface area contributed by atoms with Crippen LogP contribution in [0.2, 0.25) is 0 Å². The number of alkyl carbamates (subject to hydrolysis) is 1. The molecule has 0 spiro atoms. The van der Waals surface area contributed by atoms with E-state index in [1.54, 1.807) is 24.3 Å². The molecule has 0 fully saturated rings. The second-order valence-electron chi connectivity index (χ2n) is 3.86. The third-order valence-corrected chi connectivity index (χ3v) is 3.14. The number of Topliss-reactive ketones (excluding diaryl/α,β-unsaturated/α-hetero) is 1. The van der Waals surface area contributed by atoms with E-state index in [1.807, 2.05) is 6.07 Å². The van der Waals surface area contributed by atoms with Crippen molar-refractivity contribution >= 4 is 19.7 Å². The summed E-state index contributed by atoms with van der Waals surface area (Å²) in [6.07, 6.45) is -0.788. The Morgan fingerprint density at radius 2 is 1.91 bits per heavy atom. The number of hydrogen-bond acceptors (Lipinski definition) is 7. The fourth-order valence-corrected chi connectivity index (χ4v) is 1.61. The first-order valence-corrected chi connectivity index (χ1v) is 7.36. The molecule has 1 atom stereocenters.